The predicted molar refractivity (Wildman–Crippen MR) is 121 cm³/mol. The number of aliphatic carboxylic acids is 1. The molecule has 0 aromatic heterocycles. The molecule has 0 aliphatic carbocycles. The Morgan fingerprint density at radius 2 is 1.81 bits per heavy atom. The zero-order chi connectivity index (χ0) is 25.8. The first-order valence-corrected chi connectivity index (χ1v) is 10.9. The van der Waals surface area contributed by atoms with Crippen molar-refractivity contribution >= 4 is 29.4 Å². The largest absolute Gasteiger partial charge is 0.484 e. The van der Waals surface area contributed by atoms with E-state index in [1.165, 1.54) is 24.3 Å². The van der Waals surface area contributed by atoms with Crippen LogP contribution in [-0.4, -0.2) is 57.4 Å². The summed E-state index contributed by atoms with van der Waals surface area (Å²) in [6.07, 6.45) is 0.232. The Labute approximate surface area is 204 Å². The summed E-state index contributed by atoms with van der Waals surface area (Å²) in [6, 6.07) is 12.4. The van der Waals surface area contributed by atoms with Gasteiger partial charge in [-0.2, -0.15) is 0 Å². The van der Waals surface area contributed by atoms with Crippen molar-refractivity contribution in [3.8, 4) is 5.75 Å². The molecule has 36 heavy (non-hydrogen) atoms. The molecule has 12 nitrogen and oxygen atoms in total. The zero-order valence-electron chi connectivity index (χ0n) is 18.8. The molecule has 2 N–H and O–H groups in total. The lowest BCUT2D eigenvalue weighted by Crippen LogP contribution is -2.72. The monoisotopic (exact) mass is 495 g/mol. The third-order valence-corrected chi connectivity index (χ3v) is 5.83. The highest BCUT2D eigenvalue weighted by Crippen LogP contribution is 2.37. The summed E-state index contributed by atoms with van der Waals surface area (Å²) in [5.41, 5.74) is -0.330. The SMILES string of the molecule is O=C(COc1ccccc1)N[C@@H]1C(=O)N2C(C(=O)OCc3ccc([N+](=O)[O-])cc3)=C(C(=O)O)CC[C@H]12. The van der Waals surface area contributed by atoms with E-state index >= 15 is 0 Å². The van der Waals surface area contributed by atoms with Gasteiger partial charge in [0.1, 0.15) is 24.1 Å². The zero-order valence-corrected chi connectivity index (χ0v) is 18.8. The van der Waals surface area contributed by atoms with Gasteiger partial charge in [-0.15, -0.1) is 0 Å². The van der Waals surface area contributed by atoms with Gasteiger partial charge >= 0.3 is 11.9 Å². The predicted octanol–water partition coefficient (Wildman–Crippen LogP) is 1.55. The van der Waals surface area contributed by atoms with Gasteiger partial charge < -0.3 is 19.9 Å². The second kappa shape index (κ2) is 10.3. The van der Waals surface area contributed by atoms with Crippen LogP contribution in [-0.2, 0) is 30.5 Å². The number of ether oxygens (including phenoxy) is 2. The molecule has 186 valence electrons. The van der Waals surface area contributed by atoms with E-state index in [0.717, 1.165) is 4.90 Å². The minimum absolute atomic E-state index is 0.00136. The van der Waals surface area contributed by atoms with Crippen LogP contribution in [0.25, 0.3) is 0 Å². The molecule has 12 heteroatoms. The van der Waals surface area contributed by atoms with Gasteiger partial charge in [0.15, 0.2) is 6.61 Å². The molecule has 2 aliphatic rings. The number of fused-ring (bicyclic) bond motifs is 1. The number of nitrogens with zero attached hydrogens (tertiary/aromatic N) is 2. The average Bonchev–Trinajstić information content (AvgIpc) is 2.88. The first kappa shape index (κ1) is 24.4. The van der Waals surface area contributed by atoms with Crippen molar-refractivity contribution in [1.82, 2.24) is 10.2 Å². The molecule has 0 saturated carbocycles. The van der Waals surface area contributed by atoms with Crippen molar-refractivity contribution in [1.29, 1.82) is 0 Å². The molecule has 1 fully saturated rings. The third kappa shape index (κ3) is 5.02. The van der Waals surface area contributed by atoms with Gasteiger partial charge in [-0.1, -0.05) is 18.2 Å². The number of nitro benzene ring substituents is 1. The summed E-state index contributed by atoms with van der Waals surface area (Å²) in [6.45, 7) is -0.599. The number of esters is 1. The Morgan fingerprint density at radius 3 is 2.44 bits per heavy atom. The fourth-order valence-corrected chi connectivity index (χ4v) is 4.07. The van der Waals surface area contributed by atoms with E-state index in [2.05, 4.69) is 5.32 Å². The molecule has 0 spiro atoms. The number of nitro groups is 1. The summed E-state index contributed by atoms with van der Waals surface area (Å²) in [4.78, 5) is 61.0. The molecule has 0 radical (unpaired) electrons. The van der Waals surface area contributed by atoms with E-state index in [1.807, 2.05) is 0 Å². The Hall–Kier alpha value is -4.74. The molecular weight excluding hydrogens is 474 g/mol. The summed E-state index contributed by atoms with van der Waals surface area (Å²) in [7, 11) is 0. The van der Waals surface area contributed by atoms with Gasteiger partial charge in [0.2, 0.25) is 0 Å². The lowest BCUT2D eigenvalue weighted by Gasteiger charge is -2.49. The summed E-state index contributed by atoms with van der Waals surface area (Å²) in [5, 5.41) is 22.9. The number of carbonyl (C=O) groups excluding carboxylic acids is 3. The highest BCUT2D eigenvalue weighted by molar-refractivity contribution is 6.06. The van der Waals surface area contributed by atoms with Crippen LogP contribution in [0, 0.1) is 10.1 Å². The Balaban J connectivity index is 1.41. The van der Waals surface area contributed by atoms with Crippen molar-refractivity contribution in [2.75, 3.05) is 6.61 Å². The maximum Gasteiger partial charge on any atom is 0.355 e. The average molecular weight is 495 g/mol. The van der Waals surface area contributed by atoms with Crippen LogP contribution < -0.4 is 10.1 Å². The third-order valence-electron chi connectivity index (χ3n) is 5.83. The fraction of sp³-hybridized carbons (Fsp3) is 0.250. The van der Waals surface area contributed by atoms with Crippen molar-refractivity contribution in [3.63, 3.8) is 0 Å². The molecule has 0 unspecified atom stereocenters. The first-order valence-electron chi connectivity index (χ1n) is 10.9. The highest BCUT2D eigenvalue weighted by atomic mass is 16.6. The fourth-order valence-electron chi connectivity index (χ4n) is 4.07. The Morgan fingerprint density at radius 1 is 1.11 bits per heavy atom. The minimum atomic E-state index is -1.35. The van der Waals surface area contributed by atoms with Gasteiger partial charge in [0, 0.05) is 12.1 Å². The van der Waals surface area contributed by atoms with Crippen molar-refractivity contribution in [2.45, 2.75) is 31.5 Å². The van der Waals surface area contributed by atoms with E-state index < -0.39 is 40.8 Å². The van der Waals surface area contributed by atoms with Crippen molar-refractivity contribution in [2.24, 2.45) is 0 Å². The molecule has 2 aromatic carbocycles. The standard InChI is InChI=1S/C24H21N3O9/c28-19(13-35-16-4-2-1-3-5-16)25-20-18-11-10-17(23(30)31)21(26(18)22(20)29)24(32)36-12-14-6-8-15(9-7-14)27(33)34/h1-9,18,20H,10-13H2,(H,25,28)(H,30,31)/t18-,20+/m1/s1. The van der Waals surface area contributed by atoms with Crippen molar-refractivity contribution in [3.05, 3.63) is 81.5 Å². The molecule has 4 rings (SSSR count). The molecule has 2 heterocycles. The number of carboxylic acids is 1. The minimum Gasteiger partial charge on any atom is -0.484 e. The molecule has 2 amide bonds. The van der Waals surface area contributed by atoms with Crippen LogP contribution >= 0.6 is 0 Å². The number of hydrogen-bond acceptors (Lipinski definition) is 8. The smallest absolute Gasteiger partial charge is 0.355 e. The summed E-state index contributed by atoms with van der Waals surface area (Å²) < 4.78 is 10.6. The van der Waals surface area contributed by atoms with Gasteiger partial charge in [0.25, 0.3) is 17.5 Å². The molecule has 0 bridgehead atoms. The Bertz CT molecular complexity index is 1240. The van der Waals surface area contributed by atoms with Gasteiger partial charge in [-0.3, -0.25) is 24.6 Å². The molecule has 2 aliphatic heterocycles. The topological polar surface area (TPSA) is 165 Å². The van der Waals surface area contributed by atoms with Crippen LogP contribution in [0.3, 0.4) is 0 Å². The number of rotatable bonds is 9. The van der Waals surface area contributed by atoms with Crippen LogP contribution in [0.4, 0.5) is 5.69 Å². The number of β-lactam (4-membered cyclic amide) rings is 1. The summed E-state index contributed by atoms with van der Waals surface area (Å²) >= 11 is 0. The first-order chi connectivity index (χ1) is 17.3. The van der Waals surface area contributed by atoms with E-state index in [9.17, 15) is 34.4 Å². The van der Waals surface area contributed by atoms with Crippen LogP contribution in [0.15, 0.2) is 65.9 Å². The molecule has 2 aromatic rings. The molecule has 2 atom stereocenters. The normalized spacial score (nSPS) is 18.6. The van der Waals surface area contributed by atoms with Gasteiger partial charge in [-0.05, 0) is 42.7 Å². The second-order valence-electron chi connectivity index (χ2n) is 8.09. The maximum absolute atomic E-state index is 12.8. The second-order valence-corrected chi connectivity index (χ2v) is 8.09. The number of hydrogen-bond donors (Lipinski definition) is 2. The molecular formula is C24H21N3O9. The van der Waals surface area contributed by atoms with E-state index in [1.54, 1.807) is 30.3 Å². The Kier molecular flexibility index (Phi) is 6.95. The van der Waals surface area contributed by atoms with Gasteiger partial charge in [-0.25, -0.2) is 9.59 Å². The van der Waals surface area contributed by atoms with E-state index in [0.29, 0.717) is 11.3 Å². The lowest BCUT2D eigenvalue weighted by molar-refractivity contribution is -0.384. The van der Waals surface area contributed by atoms with Crippen molar-refractivity contribution < 1.29 is 38.7 Å². The van der Waals surface area contributed by atoms with E-state index in [4.69, 9.17) is 9.47 Å². The summed E-state index contributed by atoms with van der Waals surface area (Å²) in [5.74, 6) is -3.05. The number of nitrogens with one attached hydrogen (secondary N) is 1. The van der Waals surface area contributed by atoms with E-state index in [-0.39, 0.29) is 43.0 Å². The van der Waals surface area contributed by atoms with Gasteiger partial charge in [0.05, 0.1) is 16.5 Å². The van der Waals surface area contributed by atoms with Crippen LogP contribution in [0.2, 0.25) is 0 Å². The van der Waals surface area contributed by atoms with Crippen LogP contribution in [0.1, 0.15) is 18.4 Å². The number of para-hydroxylation sites is 1. The highest BCUT2D eigenvalue weighted by Gasteiger charge is 2.54. The number of carboxylic acid groups (broad SMARTS) is 1. The number of carbonyl (C=O) groups is 4. The lowest BCUT2D eigenvalue weighted by atomic mass is 9.83. The number of non-ortho nitro benzene ring substituents is 1. The number of amides is 2. The maximum atomic E-state index is 12.8. The quantitative estimate of drug-likeness (QED) is 0.227. The molecule has 1 saturated heterocycles. The van der Waals surface area contributed by atoms with Crippen LogP contribution in [0.5, 0.6) is 5.75 Å². The number of benzene rings is 2.